The standard InChI is InChI=1S/C15H19FN2OS.ClH/c16-11-2-3-13-10(7-11)1-4-14(13)18-15(19)8-12-9-20-6-5-17-12;/h2-3,7,12,14,17H,1,4-6,8-9H2,(H,18,19);1H. The van der Waals surface area contributed by atoms with Crippen molar-refractivity contribution in [3.63, 3.8) is 0 Å². The molecule has 1 heterocycles. The number of thioether (sulfide) groups is 1. The number of benzene rings is 1. The van der Waals surface area contributed by atoms with Crippen LogP contribution in [0.25, 0.3) is 0 Å². The zero-order chi connectivity index (χ0) is 13.9. The van der Waals surface area contributed by atoms with Crippen LogP contribution in [0, 0.1) is 5.82 Å². The number of carbonyl (C=O) groups is 1. The maximum absolute atomic E-state index is 13.2. The van der Waals surface area contributed by atoms with Crippen LogP contribution in [-0.4, -0.2) is 30.0 Å². The number of amides is 1. The fourth-order valence-electron chi connectivity index (χ4n) is 2.96. The largest absolute Gasteiger partial charge is 0.349 e. The molecule has 1 aromatic rings. The van der Waals surface area contributed by atoms with Crippen LogP contribution in [0.1, 0.15) is 30.0 Å². The number of fused-ring (bicyclic) bond motifs is 1. The van der Waals surface area contributed by atoms with Crippen LogP contribution < -0.4 is 10.6 Å². The molecule has 6 heteroatoms. The van der Waals surface area contributed by atoms with Gasteiger partial charge in [0.1, 0.15) is 5.82 Å². The Hall–Kier alpha value is -0.780. The molecule has 0 aromatic heterocycles. The normalized spacial score (nSPS) is 24.0. The Bertz CT molecular complexity index is 508. The summed E-state index contributed by atoms with van der Waals surface area (Å²) in [6.45, 7) is 0.980. The smallest absolute Gasteiger partial charge is 0.222 e. The Kier molecular flexibility index (Phi) is 5.90. The first-order chi connectivity index (χ1) is 9.72. The second kappa shape index (κ2) is 7.47. The highest BCUT2D eigenvalue weighted by Gasteiger charge is 2.25. The topological polar surface area (TPSA) is 41.1 Å². The van der Waals surface area contributed by atoms with Crippen molar-refractivity contribution in [2.75, 3.05) is 18.1 Å². The Morgan fingerprint density at radius 2 is 2.33 bits per heavy atom. The van der Waals surface area contributed by atoms with Gasteiger partial charge in [0.25, 0.3) is 0 Å². The van der Waals surface area contributed by atoms with Crippen LogP contribution in [0.2, 0.25) is 0 Å². The molecule has 0 radical (unpaired) electrons. The van der Waals surface area contributed by atoms with Crippen LogP contribution in [0.5, 0.6) is 0 Å². The summed E-state index contributed by atoms with van der Waals surface area (Å²) in [5.74, 6) is 2.02. The highest BCUT2D eigenvalue weighted by Crippen LogP contribution is 2.31. The Balaban J connectivity index is 0.00000161. The van der Waals surface area contributed by atoms with Gasteiger partial charge in [-0.3, -0.25) is 4.79 Å². The minimum atomic E-state index is -0.195. The van der Waals surface area contributed by atoms with Gasteiger partial charge >= 0.3 is 0 Å². The van der Waals surface area contributed by atoms with E-state index in [1.54, 1.807) is 12.1 Å². The van der Waals surface area contributed by atoms with E-state index in [1.807, 2.05) is 11.8 Å². The zero-order valence-electron chi connectivity index (χ0n) is 11.7. The van der Waals surface area contributed by atoms with Gasteiger partial charge in [-0.25, -0.2) is 4.39 Å². The molecule has 0 saturated carbocycles. The van der Waals surface area contributed by atoms with Crippen LogP contribution in [0.4, 0.5) is 4.39 Å². The van der Waals surface area contributed by atoms with Gasteiger partial charge in [-0.05, 0) is 36.1 Å². The van der Waals surface area contributed by atoms with Gasteiger partial charge < -0.3 is 10.6 Å². The lowest BCUT2D eigenvalue weighted by Gasteiger charge is -2.23. The maximum Gasteiger partial charge on any atom is 0.222 e. The molecule has 0 bridgehead atoms. The Morgan fingerprint density at radius 1 is 1.48 bits per heavy atom. The molecule has 2 aliphatic rings. The SMILES string of the molecule is Cl.O=C(CC1CSCCN1)NC1CCc2cc(F)ccc21. The number of carbonyl (C=O) groups excluding carboxylic acids is 1. The lowest BCUT2D eigenvalue weighted by Crippen LogP contribution is -2.41. The predicted octanol–water partition coefficient (Wildman–Crippen LogP) is 2.45. The fraction of sp³-hybridized carbons (Fsp3) is 0.533. The van der Waals surface area contributed by atoms with E-state index in [0.29, 0.717) is 6.42 Å². The van der Waals surface area contributed by atoms with Crippen LogP contribution >= 0.6 is 24.2 Å². The van der Waals surface area contributed by atoms with Crippen molar-refractivity contribution in [3.8, 4) is 0 Å². The van der Waals surface area contributed by atoms with Crippen molar-refractivity contribution in [2.24, 2.45) is 0 Å². The molecule has 116 valence electrons. The molecule has 1 saturated heterocycles. The molecule has 1 aromatic carbocycles. The minimum absolute atomic E-state index is 0. The van der Waals surface area contributed by atoms with E-state index in [-0.39, 0.29) is 36.2 Å². The molecular weight excluding hydrogens is 311 g/mol. The quantitative estimate of drug-likeness (QED) is 0.894. The highest BCUT2D eigenvalue weighted by molar-refractivity contribution is 7.99. The Labute approximate surface area is 134 Å². The van der Waals surface area contributed by atoms with Crippen LogP contribution in [-0.2, 0) is 11.2 Å². The fourth-order valence-corrected chi connectivity index (χ4v) is 3.91. The predicted molar refractivity (Wildman–Crippen MR) is 86.6 cm³/mol. The summed E-state index contributed by atoms with van der Waals surface area (Å²) in [4.78, 5) is 12.1. The first-order valence-electron chi connectivity index (χ1n) is 7.11. The van der Waals surface area contributed by atoms with Gasteiger partial charge in [0.2, 0.25) is 5.91 Å². The first-order valence-corrected chi connectivity index (χ1v) is 8.26. The molecule has 0 spiro atoms. The maximum atomic E-state index is 13.2. The lowest BCUT2D eigenvalue weighted by atomic mass is 10.1. The van der Waals surface area contributed by atoms with Crippen LogP contribution in [0.15, 0.2) is 18.2 Å². The van der Waals surface area contributed by atoms with E-state index in [9.17, 15) is 9.18 Å². The van der Waals surface area contributed by atoms with E-state index in [1.165, 1.54) is 6.07 Å². The van der Waals surface area contributed by atoms with Crippen molar-refractivity contribution in [2.45, 2.75) is 31.3 Å². The minimum Gasteiger partial charge on any atom is -0.349 e. The van der Waals surface area contributed by atoms with Crippen molar-refractivity contribution in [1.29, 1.82) is 0 Å². The number of rotatable bonds is 3. The van der Waals surface area contributed by atoms with Gasteiger partial charge in [0, 0.05) is 30.5 Å². The number of nitrogens with one attached hydrogen (secondary N) is 2. The monoisotopic (exact) mass is 330 g/mol. The highest BCUT2D eigenvalue weighted by atomic mass is 35.5. The zero-order valence-corrected chi connectivity index (χ0v) is 13.4. The molecular formula is C15H20ClFN2OS. The van der Waals surface area contributed by atoms with E-state index in [0.717, 1.165) is 42.0 Å². The molecule has 21 heavy (non-hydrogen) atoms. The lowest BCUT2D eigenvalue weighted by molar-refractivity contribution is -0.122. The molecule has 2 N–H and O–H groups in total. The summed E-state index contributed by atoms with van der Waals surface area (Å²) < 4.78 is 13.2. The van der Waals surface area contributed by atoms with Crippen molar-refractivity contribution < 1.29 is 9.18 Å². The van der Waals surface area contributed by atoms with E-state index < -0.39 is 0 Å². The third-order valence-electron chi connectivity index (χ3n) is 3.95. The second-order valence-electron chi connectivity index (χ2n) is 5.43. The molecule has 3 rings (SSSR count). The van der Waals surface area contributed by atoms with Crippen molar-refractivity contribution >= 4 is 30.1 Å². The summed E-state index contributed by atoms with van der Waals surface area (Å²) >= 11 is 1.89. The first kappa shape index (κ1) is 16.6. The third kappa shape index (κ3) is 4.11. The molecule has 3 nitrogen and oxygen atoms in total. The summed E-state index contributed by atoms with van der Waals surface area (Å²) in [7, 11) is 0. The van der Waals surface area contributed by atoms with Gasteiger partial charge in [-0.2, -0.15) is 11.8 Å². The number of hydrogen-bond acceptors (Lipinski definition) is 3. The van der Waals surface area contributed by atoms with E-state index in [2.05, 4.69) is 10.6 Å². The Morgan fingerprint density at radius 3 is 3.10 bits per heavy atom. The second-order valence-corrected chi connectivity index (χ2v) is 6.58. The van der Waals surface area contributed by atoms with Crippen LogP contribution in [0.3, 0.4) is 0 Å². The van der Waals surface area contributed by atoms with Gasteiger partial charge in [0.15, 0.2) is 0 Å². The van der Waals surface area contributed by atoms with E-state index in [4.69, 9.17) is 0 Å². The van der Waals surface area contributed by atoms with Crippen molar-refractivity contribution in [1.82, 2.24) is 10.6 Å². The number of halogens is 2. The number of hydrogen-bond donors (Lipinski definition) is 2. The summed E-state index contributed by atoms with van der Waals surface area (Å²) in [6, 6.07) is 5.19. The van der Waals surface area contributed by atoms with Gasteiger partial charge in [-0.15, -0.1) is 12.4 Å². The van der Waals surface area contributed by atoms with Gasteiger partial charge in [-0.1, -0.05) is 6.07 Å². The molecule has 2 unspecified atom stereocenters. The molecule has 1 aliphatic heterocycles. The molecule has 1 aliphatic carbocycles. The summed E-state index contributed by atoms with van der Waals surface area (Å²) in [5.41, 5.74) is 2.10. The molecule has 1 amide bonds. The molecule has 2 atom stereocenters. The summed E-state index contributed by atoms with van der Waals surface area (Å²) in [5, 5.41) is 6.46. The van der Waals surface area contributed by atoms with E-state index >= 15 is 0 Å². The summed E-state index contributed by atoms with van der Waals surface area (Å²) in [6.07, 6.45) is 2.24. The van der Waals surface area contributed by atoms with Gasteiger partial charge in [0.05, 0.1) is 6.04 Å². The molecule has 1 fully saturated rings. The third-order valence-corrected chi connectivity index (χ3v) is 5.08. The average molecular weight is 331 g/mol. The number of aryl methyl sites for hydroxylation is 1. The average Bonchev–Trinajstić information content (AvgIpc) is 2.82. The van der Waals surface area contributed by atoms with Crippen molar-refractivity contribution in [3.05, 3.63) is 35.1 Å².